The highest BCUT2D eigenvalue weighted by Gasteiger charge is 2.07. The lowest BCUT2D eigenvalue weighted by molar-refractivity contribution is 0.0948. The van der Waals surface area contributed by atoms with Gasteiger partial charge in [-0.1, -0.05) is 13.8 Å². The van der Waals surface area contributed by atoms with Crippen molar-refractivity contribution in [2.75, 3.05) is 18.5 Å². The molecule has 0 atom stereocenters. The number of aromatic nitrogens is 1. The first-order chi connectivity index (χ1) is 11.1. The summed E-state index contributed by atoms with van der Waals surface area (Å²) in [6, 6.07) is 9.45. The van der Waals surface area contributed by atoms with Gasteiger partial charge in [0.25, 0.3) is 5.91 Å². The zero-order chi connectivity index (χ0) is 16.7. The molecule has 2 N–H and O–H groups in total. The largest absolute Gasteiger partial charge is 0.494 e. The highest BCUT2D eigenvalue weighted by atomic mass is 16.5. The zero-order valence-corrected chi connectivity index (χ0v) is 13.8. The molecule has 5 heteroatoms. The summed E-state index contributed by atoms with van der Waals surface area (Å²) in [4.78, 5) is 16.2. The van der Waals surface area contributed by atoms with Crippen molar-refractivity contribution in [3.63, 3.8) is 0 Å². The van der Waals surface area contributed by atoms with E-state index in [0.29, 0.717) is 24.6 Å². The van der Waals surface area contributed by atoms with E-state index < -0.39 is 0 Å². The summed E-state index contributed by atoms with van der Waals surface area (Å²) < 4.78 is 5.41. The van der Waals surface area contributed by atoms with Crippen LogP contribution in [0.3, 0.4) is 0 Å². The third kappa shape index (κ3) is 5.29. The number of hydrogen-bond acceptors (Lipinski definition) is 4. The lowest BCUT2D eigenvalue weighted by Crippen LogP contribution is -2.27. The maximum atomic E-state index is 12.1. The number of carbonyl (C=O) groups is 1. The van der Waals surface area contributed by atoms with Crippen LogP contribution >= 0.6 is 0 Å². The van der Waals surface area contributed by atoms with Gasteiger partial charge in [-0.15, -0.1) is 0 Å². The lowest BCUT2D eigenvalue weighted by atomic mass is 10.2. The standard InChI is InChI=1S/C18H23N3O2/c1-4-23-17-7-5-15(6-8-17)21-16-9-14(11-19-12-16)18(22)20-10-13(2)3/h5-9,11-13,21H,4,10H2,1-3H3,(H,20,22). The molecule has 23 heavy (non-hydrogen) atoms. The van der Waals surface area contributed by atoms with E-state index in [0.717, 1.165) is 17.1 Å². The molecule has 0 aliphatic heterocycles. The Morgan fingerprint density at radius 2 is 1.91 bits per heavy atom. The molecular formula is C18H23N3O2. The Morgan fingerprint density at radius 1 is 1.17 bits per heavy atom. The second kappa shape index (κ2) is 8.17. The van der Waals surface area contributed by atoms with E-state index in [4.69, 9.17) is 4.74 Å². The van der Waals surface area contributed by atoms with Gasteiger partial charge >= 0.3 is 0 Å². The molecule has 0 bridgehead atoms. The van der Waals surface area contributed by atoms with Crippen molar-refractivity contribution in [3.05, 3.63) is 48.3 Å². The topological polar surface area (TPSA) is 63.2 Å². The maximum Gasteiger partial charge on any atom is 0.252 e. The molecule has 2 aromatic rings. The fraction of sp³-hybridized carbons (Fsp3) is 0.333. The van der Waals surface area contributed by atoms with Crippen LogP contribution in [0, 0.1) is 5.92 Å². The molecule has 0 radical (unpaired) electrons. The predicted octanol–water partition coefficient (Wildman–Crippen LogP) is 3.61. The van der Waals surface area contributed by atoms with E-state index in [1.807, 2.05) is 31.2 Å². The Kier molecular flexibility index (Phi) is 5.97. The van der Waals surface area contributed by atoms with Crippen LogP contribution in [0.15, 0.2) is 42.7 Å². The van der Waals surface area contributed by atoms with Crippen molar-refractivity contribution < 1.29 is 9.53 Å². The molecule has 0 fully saturated rings. The molecule has 1 amide bonds. The van der Waals surface area contributed by atoms with Crippen LogP contribution in [0.2, 0.25) is 0 Å². The Morgan fingerprint density at radius 3 is 2.57 bits per heavy atom. The number of benzene rings is 1. The van der Waals surface area contributed by atoms with Crippen LogP contribution in [0.1, 0.15) is 31.1 Å². The van der Waals surface area contributed by atoms with Gasteiger partial charge in [0.1, 0.15) is 5.75 Å². The molecule has 0 unspecified atom stereocenters. The van der Waals surface area contributed by atoms with Crippen LogP contribution in [0.5, 0.6) is 5.75 Å². The molecule has 0 saturated carbocycles. The number of nitrogens with zero attached hydrogens (tertiary/aromatic N) is 1. The molecular weight excluding hydrogens is 290 g/mol. The molecule has 0 aliphatic carbocycles. The second-order valence-electron chi connectivity index (χ2n) is 5.65. The number of anilines is 2. The number of hydrogen-bond donors (Lipinski definition) is 2. The number of pyridine rings is 1. The molecule has 0 aliphatic rings. The average Bonchev–Trinajstić information content (AvgIpc) is 2.55. The minimum Gasteiger partial charge on any atom is -0.494 e. The summed E-state index contributed by atoms with van der Waals surface area (Å²) in [6.45, 7) is 7.36. The van der Waals surface area contributed by atoms with Crippen LogP contribution in [-0.4, -0.2) is 24.0 Å². The summed E-state index contributed by atoms with van der Waals surface area (Å²) >= 11 is 0. The number of nitrogens with one attached hydrogen (secondary N) is 2. The highest BCUT2D eigenvalue weighted by Crippen LogP contribution is 2.20. The molecule has 1 aromatic carbocycles. The van der Waals surface area contributed by atoms with Crippen LogP contribution in [0.25, 0.3) is 0 Å². The third-order valence-corrected chi connectivity index (χ3v) is 3.13. The predicted molar refractivity (Wildman–Crippen MR) is 92.3 cm³/mol. The van der Waals surface area contributed by atoms with Gasteiger partial charge in [-0.05, 0) is 43.2 Å². The quantitative estimate of drug-likeness (QED) is 0.819. The van der Waals surface area contributed by atoms with Crippen LogP contribution in [0.4, 0.5) is 11.4 Å². The summed E-state index contributed by atoms with van der Waals surface area (Å²) in [6.07, 6.45) is 3.26. The van der Waals surface area contributed by atoms with E-state index in [9.17, 15) is 4.79 Å². The molecule has 1 heterocycles. The molecule has 2 rings (SSSR count). The molecule has 5 nitrogen and oxygen atoms in total. The summed E-state index contributed by atoms with van der Waals surface area (Å²) in [5.41, 5.74) is 2.22. The molecule has 1 aromatic heterocycles. The Hall–Kier alpha value is -2.56. The fourth-order valence-corrected chi connectivity index (χ4v) is 2.00. The lowest BCUT2D eigenvalue weighted by Gasteiger charge is -2.10. The van der Waals surface area contributed by atoms with E-state index in [-0.39, 0.29) is 5.91 Å². The Labute approximate surface area is 137 Å². The monoisotopic (exact) mass is 313 g/mol. The van der Waals surface area contributed by atoms with Gasteiger partial charge < -0.3 is 15.4 Å². The SMILES string of the molecule is CCOc1ccc(Nc2cncc(C(=O)NCC(C)C)c2)cc1. The molecule has 0 spiro atoms. The Bertz CT molecular complexity index is 639. The number of ether oxygens (including phenoxy) is 1. The van der Waals surface area contributed by atoms with E-state index in [2.05, 4.69) is 29.5 Å². The van der Waals surface area contributed by atoms with Crippen molar-refractivity contribution >= 4 is 17.3 Å². The first kappa shape index (κ1) is 16.8. The minimum absolute atomic E-state index is 0.110. The zero-order valence-electron chi connectivity index (χ0n) is 13.8. The summed E-state index contributed by atoms with van der Waals surface area (Å²) in [5, 5.41) is 6.12. The normalized spacial score (nSPS) is 10.4. The summed E-state index contributed by atoms with van der Waals surface area (Å²) in [5.74, 6) is 1.14. The fourth-order valence-electron chi connectivity index (χ4n) is 2.00. The minimum atomic E-state index is -0.110. The highest BCUT2D eigenvalue weighted by molar-refractivity contribution is 5.94. The van der Waals surface area contributed by atoms with Gasteiger partial charge in [0.2, 0.25) is 0 Å². The summed E-state index contributed by atoms with van der Waals surface area (Å²) in [7, 11) is 0. The van der Waals surface area contributed by atoms with Gasteiger partial charge in [0.15, 0.2) is 0 Å². The van der Waals surface area contributed by atoms with Crippen LogP contribution < -0.4 is 15.4 Å². The first-order valence-electron chi connectivity index (χ1n) is 7.81. The van der Waals surface area contributed by atoms with E-state index in [1.165, 1.54) is 0 Å². The second-order valence-corrected chi connectivity index (χ2v) is 5.65. The number of amides is 1. The smallest absolute Gasteiger partial charge is 0.252 e. The maximum absolute atomic E-state index is 12.1. The van der Waals surface area contributed by atoms with Crippen molar-refractivity contribution in [1.29, 1.82) is 0 Å². The van der Waals surface area contributed by atoms with Gasteiger partial charge in [-0.2, -0.15) is 0 Å². The number of rotatable bonds is 7. The van der Waals surface area contributed by atoms with Crippen molar-refractivity contribution in [2.24, 2.45) is 5.92 Å². The molecule has 0 saturated heterocycles. The van der Waals surface area contributed by atoms with Gasteiger partial charge in [-0.3, -0.25) is 9.78 Å². The van der Waals surface area contributed by atoms with E-state index in [1.54, 1.807) is 18.5 Å². The molecule has 122 valence electrons. The van der Waals surface area contributed by atoms with Gasteiger partial charge in [0.05, 0.1) is 24.1 Å². The third-order valence-electron chi connectivity index (χ3n) is 3.13. The first-order valence-corrected chi connectivity index (χ1v) is 7.81. The van der Waals surface area contributed by atoms with Crippen molar-refractivity contribution in [2.45, 2.75) is 20.8 Å². The average molecular weight is 313 g/mol. The van der Waals surface area contributed by atoms with Gasteiger partial charge in [0, 0.05) is 18.4 Å². The Balaban J connectivity index is 2.03. The van der Waals surface area contributed by atoms with Gasteiger partial charge in [-0.25, -0.2) is 0 Å². The van der Waals surface area contributed by atoms with E-state index >= 15 is 0 Å². The van der Waals surface area contributed by atoms with Crippen molar-refractivity contribution in [1.82, 2.24) is 10.3 Å². The van der Waals surface area contributed by atoms with Crippen molar-refractivity contribution in [3.8, 4) is 5.75 Å². The van der Waals surface area contributed by atoms with Crippen LogP contribution in [-0.2, 0) is 0 Å². The number of carbonyl (C=O) groups excluding carboxylic acids is 1.